The average Bonchev–Trinajstić information content (AvgIpc) is 3.00. The molecule has 1 N–H and O–H groups in total. The molecule has 1 aliphatic carbocycles. The lowest BCUT2D eigenvalue weighted by Gasteiger charge is -2.15. The maximum absolute atomic E-state index is 12.1. The van der Waals surface area contributed by atoms with E-state index in [0.29, 0.717) is 11.8 Å². The highest BCUT2D eigenvalue weighted by molar-refractivity contribution is 5.91. The summed E-state index contributed by atoms with van der Waals surface area (Å²) in [6.07, 6.45) is 8.57. The van der Waals surface area contributed by atoms with Gasteiger partial charge in [-0.25, -0.2) is 0 Å². The molecule has 5 heteroatoms. The van der Waals surface area contributed by atoms with E-state index < -0.39 is 0 Å². The summed E-state index contributed by atoms with van der Waals surface area (Å²) >= 11 is 0. The first kappa shape index (κ1) is 12.4. The van der Waals surface area contributed by atoms with Crippen molar-refractivity contribution in [1.29, 1.82) is 0 Å². The van der Waals surface area contributed by atoms with Gasteiger partial charge in [0.25, 0.3) is 0 Å². The maximum atomic E-state index is 12.1. The molecule has 102 valence electrons. The number of carbonyl (C=O) groups excluding carboxylic acids is 1. The number of aryl methyl sites for hydroxylation is 1. The van der Waals surface area contributed by atoms with Crippen molar-refractivity contribution in [1.82, 2.24) is 14.7 Å². The molecular weight excluding hydrogens is 242 g/mol. The summed E-state index contributed by atoms with van der Waals surface area (Å²) in [7, 11) is 1.85. The first-order chi connectivity index (χ1) is 9.11. The van der Waals surface area contributed by atoms with Gasteiger partial charge in [-0.15, -0.1) is 0 Å². The Bertz CT molecular complexity index is 495. The molecule has 0 bridgehead atoms. The molecule has 0 radical (unpaired) electrons. The Hall–Kier alpha value is -1.62. The summed E-state index contributed by atoms with van der Waals surface area (Å²) in [5, 5.41) is 13.6. The molecule has 3 rings (SSSR count). The minimum absolute atomic E-state index is 0.0627. The smallest absolute Gasteiger partial charge is 0.246 e. The van der Waals surface area contributed by atoms with Gasteiger partial charge in [0.2, 0.25) is 5.91 Å². The minimum atomic E-state index is -0.154. The molecule has 0 aromatic carbocycles. The zero-order valence-corrected chi connectivity index (χ0v) is 11.1. The normalized spacial score (nSPS) is 30.2. The molecule has 1 saturated heterocycles. The van der Waals surface area contributed by atoms with Gasteiger partial charge in [0.15, 0.2) is 0 Å². The number of hydrogen-bond acceptors (Lipinski definition) is 3. The number of amides is 1. The van der Waals surface area contributed by atoms with Crippen LogP contribution in [0.3, 0.4) is 0 Å². The van der Waals surface area contributed by atoms with Crippen molar-refractivity contribution in [2.45, 2.75) is 18.9 Å². The lowest BCUT2D eigenvalue weighted by Crippen LogP contribution is -2.28. The highest BCUT2D eigenvalue weighted by Crippen LogP contribution is 2.37. The van der Waals surface area contributed by atoms with Gasteiger partial charge >= 0.3 is 0 Å². The van der Waals surface area contributed by atoms with Crippen LogP contribution in [0.4, 0.5) is 0 Å². The second-order valence-electron chi connectivity index (χ2n) is 5.67. The molecular formula is C14H19N3O2. The Balaban J connectivity index is 1.59. The Labute approximate surface area is 112 Å². The van der Waals surface area contributed by atoms with E-state index in [1.807, 2.05) is 18.1 Å². The van der Waals surface area contributed by atoms with Gasteiger partial charge in [-0.2, -0.15) is 5.10 Å². The number of rotatable bonds is 2. The first-order valence-electron chi connectivity index (χ1n) is 6.75. The molecule has 1 amide bonds. The van der Waals surface area contributed by atoms with E-state index >= 15 is 0 Å². The number of aliphatic hydroxyl groups excluding tert-OH is 1. The molecule has 1 saturated carbocycles. The maximum Gasteiger partial charge on any atom is 0.246 e. The SMILES string of the molecule is Cn1cc(/C=C/C(=O)N2C[C@H]3CC(O)C[C@H]3C2)cn1. The van der Waals surface area contributed by atoms with Crippen LogP contribution >= 0.6 is 0 Å². The van der Waals surface area contributed by atoms with E-state index in [4.69, 9.17) is 0 Å². The van der Waals surface area contributed by atoms with Crippen LogP contribution in [0.25, 0.3) is 6.08 Å². The van der Waals surface area contributed by atoms with Crippen molar-refractivity contribution < 1.29 is 9.90 Å². The predicted molar refractivity (Wildman–Crippen MR) is 71.0 cm³/mol. The molecule has 2 aliphatic rings. The molecule has 1 unspecified atom stereocenters. The van der Waals surface area contributed by atoms with Crippen molar-refractivity contribution >= 4 is 12.0 Å². The molecule has 2 heterocycles. The van der Waals surface area contributed by atoms with Crippen LogP contribution in [0.15, 0.2) is 18.5 Å². The van der Waals surface area contributed by atoms with Gasteiger partial charge in [-0.3, -0.25) is 9.48 Å². The quantitative estimate of drug-likeness (QED) is 0.796. The predicted octanol–water partition coefficient (Wildman–Crippen LogP) is 0.663. The Kier molecular flexibility index (Phi) is 3.14. The van der Waals surface area contributed by atoms with Crippen LogP contribution in [0.1, 0.15) is 18.4 Å². The number of aliphatic hydroxyl groups is 1. The third-order valence-electron chi connectivity index (χ3n) is 4.18. The third-order valence-corrected chi connectivity index (χ3v) is 4.18. The van der Waals surface area contributed by atoms with E-state index in [1.54, 1.807) is 23.0 Å². The third kappa shape index (κ3) is 2.56. The van der Waals surface area contributed by atoms with Crippen LogP contribution in [0.5, 0.6) is 0 Å². The highest BCUT2D eigenvalue weighted by Gasteiger charge is 2.41. The van der Waals surface area contributed by atoms with Gasteiger partial charge in [0.1, 0.15) is 0 Å². The largest absolute Gasteiger partial charge is 0.393 e. The molecule has 19 heavy (non-hydrogen) atoms. The molecule has 2 fully saturated rings. The molecule has 0 spiro atoms. The molecule has 3 atom stereocenters. The zero-order valence-electron chi connectivity index (χ0n) is 11.1. The molecule has 1 aromatic rings. The van der Waals surface area contributed by atoms with E-state index in [-0.39, 0.29) is 12.0 Å². The number of likely N-dealkylation sites (tertiary alicyclic amines) is 1. The Morgan fingerprint density at radius 1 is 1.42 bits per heavy atom. The Morgan fingerprint density at radius 2 is 2.11 bits per heavy atom. The highest BCUT2D eigenvalue weighted by atomic mass is 16.3. The van der Waals surface area contributed by atoms with Crippen LogP contribution in [-0.2, 0) is 11.8 Å². The van der Waals surface area contributed by atoms with Crippen LogP contribution in [0.2, 0.25) is 0 Å². The summed E-state index contributed by atoms with van der Waals surface area (Å²) in [4.78, 5) is 14.0. The van der Waals surface area contributed by atoms with Gasteiger partial charge in [0, 0.05) is 38.0 Å². The van der Waals surface area contributed by atoms with Gasteiger partial charge in [0.05, 0.1) is 12.3 Å². The van der Waals surface area contributed by atoms with Crippen LogP contribution in [-0.4, -0.2) is 44.9 Å². The monoisotopic (exact) mass is 261 g/mol. The summed E-state index contributed by atoms with van der Waals surface area (Å²) in [5.74, 6) is 1.05. The van der Waals surface area contributed by atoms with Crippen molar-refractivity contribution in [2.24, 2.45) is 18.9 Å². The van der Waals surface area contributed by atoms with E-state index in [2.05, 4.69) is 5.10 Å². The van der Waals surface area contributed by atoms with E-state index in [1.165, 1.54) is 0 Å². The second-order valence-corrected chi connectivity index (χ2v) is 5.67. The van der Waals surface area contributed by atoms with Gasteiger partial charge in [-0.05, 0) is 30.8 Å². The van der Waals surface area contributed by atoms with Gasteiger partial charge < -0.3 is 10.0 Å². The fraction of sp³-hybridized carbons (Fsp3) is 0.571. The fourth-order valence-electron chi connectivity index (χ4n) is 3.25. The molecule has 5 nitrogen and oxygen atoms in total. The van der Waals surface area contributed by atoms with Crippen molar-refractivity contribution in [2.75, 3.05) is 13.1 Å². The summed E-state index contributed by atoms with van der Waals surface area (Å²) < 4.78 is 1.71. The van der Waals surface area contributed by atoms with Crippen LogP contribution < -0.4 is 0 Å². The second kappa shape index (κ2) is 4.81. The summed E-state index contributed by atoms with van der Waals surface area (Å²) in [6, 6.07) is 0. The lowest BCUT2D eigenvalue weighted by molar-refractivity contribution is -0.125. The lowest BCUT2D eigenvalue weighted by atomic mass is 10.0. The average molecular weight is 261 g/mol. The Morgan fingerprint density at radius 3 is 2.68 bits per heavy atom. The topological polar surface area (TPSA) is 58.4 Å². The van der Waals surface area contributed by atoms with Crippen LogP contribution in [0, 0.1) is 11.8 Å². The standard InChI is InChI=1S/C14H19N3O2/c1-16-7-10(6-15-16)2-3-14(19)17-8-11-4-13(18)5-12(11)9-17/h2-3,6-7,11-13,18H,4-5,8-9H2,1H3/b3-2+/t11-,12+,13?. The van der Waals surface area contributed by atoms with E-state index in [0.717, 1.165) is 31.5 Å². The fourth-order valence-corrected chi connectivity index (χ4v) is 3.25. The zero-order chi connectivity index (χ0) is 13.4. The number of aromatic nitrogens is 2. The molecule has 1 aromatic heterocycles. The summed E-state index contributed by atoms with van der Waals surface area (Å²) in [5.41, 5.74) is 0.936. The van der Waals surface area contributed by atoms with Crippen molar-refractivity contribution in [3.05, 3.63) is 24.0 Å². The number of fused-ring (bicyclic) bond motifs is 1. The van der Waals surface area contributed by atoms with E-state index in [9.17, 15) is 9.90 Å². The number of nitrogens with zero attached hydrogens (tertiary/aromatic N) is 3. The number of hydrogen-bond donors (Lipinski definition) is 1. The first-order valence-corrected chi connectivity index (χ1v) is 6.75. The van der Waals surface area contributed by atoms with Gasteiger partial charge in [-0.1, -0.05) is 0 Å². The molecule has 1 aliphatic heterocycles. The summed E-state index contributed by atoms with van der Waals surface area (Å²) in [6.45, 7) is 1.58. The minimum Gasteiger partial charge on any atom is -0.393 e. The number of carbonyl (C=O) groups is 1. The van der Waals surface area contributed by atoms with Crippen molar-refractivity contribution in [3.8, 4) is 0 Å². The van der Waals surface area contributed by atoms with Crippen molar-refractivity contribution in [3.63, 3.8) is 0 Å².